The van der Waals surface area contributed by atoms with Crippen LogP contribution >= 0.6 is 11.6 Å². The van der Waals surface area contributed by atoms with Gasteiger partial charge in [-0.1, -0.05) is 18.0 Å². The average molecular weight is 431 g/mol. The number of aromatic nitrogens is 3. The Labute approximate surface area is 181 Å². The number of rotatable bonds is 4. The van der Waals surface area contributed by atoms with Gasteiger partial charge in [0, 0.05) is 49.3 Å². The Bertz CT molecular complexity index is 959. The molecule has 1 saturated carbocycles. The van der Waals surface area contributed by atoms with Crippen LogP contribution in [0.15, 0.2) is 18.5 Å². The molecule has 1 aliphatic heterocycles. The van der Waals surface area contributed by atoms with Crippen LogP contribution in [0.1, 0.15) is 38.3 Å². The zero-order valence-corrected chi connectivity index (χ0v) is 18.1. The summed E-state index contributed by atoms with van der Waals surface area (Å²) in [7, 11) is 2.08. The van der Waals surface area contributed by atoms with Crippen molar-refractivity contribution in [3.8, 4) is 11.1 Å². The lowest BCUT2D eigenvalue weighted by Crippen LogP contribution is -2.40. The minimum absolute atomic E-state index is 0.0525. The summed E-state index contributed by atoms with van der Waals surface area (Å²) in [6.07, 6.45) is 6.69. The summed E-state index contributed by atoms with van der Waals surface area (Å²) in [4.78, 5) is 30.7. The molecule has 2 amide bonds. The van der Waals surface area contributed by atoms with Gasteiger partial charge in [0.25, 0.3) is 0 Å². The van der Waals surface area contributed by atoms with E-state index in [2.05, 4.69) is 32.7 Å². The molecule has 9 heteroatoms. The smallest absolute Gasteiger partial charge is 0.228 e. The molecule has 3 heterocycles. The van der Waals surface area contributed by atoms with Crippen molar-refractivity contribution >= 4 is 29.2 Å². The van der Waals surface area contributed by atoms with Crippen molar-refractivity contribution in [1.29, 1.82) is 0 Å². The van der Waals surface area contributed by atoms with Crippen molar-refractivity contribution in [2.45, 2.75) is 51.7 Å². The van der Waals surface area contributed by atoms with Crippen molar-refractivity contribution < 1.29 is 9.59 Å². The highest BCUT2D eigenvalue weighted by atomic mass is 35.5. The second-order valence-corrected chi connectivity index (χ2v) is 8.67. The Hall–Kier alpha value is -2.45. The van der Waals surface area contributed by atoms with Crippen molar-refractivity contribution in [3.05, 3.63) is 29.2 Å². The van der Waals surface area contributed by atoms with E-state index in [1.165, 1.54) is 6.92 Å². The Morgan fingerprint density at radius 3 is 2.83 bits per heavy atom. The molecule has 2 atom stereocenters. The minimum Gasteiger partial charge on any atom is -0.354 e. The molecule has 0 aromatic carbocycles. The molecule has 160 valence electrons. The van der Waals surface area contributed by atoms with Crippen LogP contribution in [0.4, 0.5) is 5.82 Å². The normalized spacial score (nSPS) is 21.7. The summed E-state index contributed by atoms with van der Waals surface area (Å²) in [6, 6.07) is 1.87. The molecule has 0 radical (unpaired) electrons. The molecule has 1 fully saturated rings. The number of hydrogen-bond acceptors (Lipinski definition) is 5. The number of anilines is 1. The van der Waals surface area contributed by atoms with Crippen LogP contribution < -0.4 is 10.6 Å². The van der Waals surface area contributed by atoms with E-state index in [0.29, 0.717) is 17.3 Å². The third kappa shape index (κ3) is 4.49. The van der Waals surface area contributed by atoms with Gasteiger partial charge in [0.05, 0.1) is 23.5 Å². The number of fused-ring (bicyclic) bond motifs is 1. The molecule has 2 unspecified atom stereocenters. The Morgan fingerprint density at radius 2 is 2.03 bits per heavy atom. The molecule has 0 bridgehead atoms. The number of hydrogen-bond donors (Lipinski definition) is 2. The van der Waals surface area contributed by atoms with Gasteiger partial charge in [-0.2, -0.15) is 5.10 Å². The first-order valence-electron chi connectivity index (χ1n) is 10.4. The van der Waals surface area contributed by atoms with Gasteiger partial charge in [0.2, 0.25) is 11.8 Å². The Kier molecular flexibility index (Phi) is 6.06. The molecule has 2 aromatic heterocycles. The number of amides is 2. The number of likely N-dealkylation sites (N-methyl/N-ethyl adjacent to an activating group) is 1. The lowest BCUT2D eigenvalue weighted by Gasteiger charge is -2.28. The van der Waals surface area contributed by atoms with Crippen LogP contribution in [0.5, 0.6) is 0 Å². The van der Waals surface area contributed by atoms with E-state index in [1.807, 2.05) is 16.9 Å². The van der Waals surface area contributed by atoms with Gasteiger partial charge >= 0.3 is 0 Å². The van der Waals surface area contributed by atoms with Gasteiger partial charge < -0.3 is 10.6 Å². The van der Waals surface area contributed by atoms with Gasteiger partial charge in [-0.05, 0) is 32.4 Å². The molecular weight excluding hydrogens is 404 g/mol. The van der Waals surface area contributed by atoms with Crippen molar-refractivity contribution in [2.24, 2.45) is 5.92 Å². The zero-order valence-electron chi connectivity index (χ0n) is 17.3. The second-order valence-electron chi connectivity index (χ2n) is 8.27. The van der Waals surface area contributed by atoms with E-state index in [1.54, 1.807) is 6.20 Å². The highest BCUT2D eigenvalue weighted by Crippen LogP contribution is 2.33. The molecule has 2 aromatic rings. The van der Waals surface area contributed by atoms with Gasteiger partial charge in [0.15, 0.2) is 0 Å². The average Bonchev–Trinajstić information content (AvgIpc) is 3.12. The first-order valence-corrected chi connectivity index (χ1v) is 10.8. The number of carbonyl (C=O) groups excluding carboxylic acids is 2. The monoisotopic (exact) mass is 430 g/mol. The van der Waals surface area contributed by atoms with E-state index in [-0.39, 0.29) is 23.8 Å². The predicted molar refractivity (Wildman–Crippen MR) is 115 cm³/mol. The minimum atomic E-state index is -0.144. The summed E-state index contributed by atoms with van der Waals surface area (Å²) in [5.74, 6) is 0.210. The van der Waals surface area contributed by atoms with Crippen molar-refractivity contribution in [3.63, 3.8) is 0 Å². The number of nitrogens with zero attached hydrogens (tertiary/aromatic N) is 4. The van der Waals surface area contributed by atoms with Gasteiger partial charge in [-0.3, -0.25) is 19.2 Å². The lowest BCUT2D eigenvalue weighted by molar-refractivity contribution is -0.123. The fraction of sp³-hybridized carbons (Fsp3) is 0.524. The van der Waals surface area contributed by atoms with Crippen molar-refractivity contribution in [2.75, 3.05) is 18.9 Å². The van der Waals surface area contributed by atoms with E-state index in [9.17, 15) is 9.59 Å². The summed E-state index contributed by atoms with van der Waals surface area (Å²) in [5.41, 5.74) is 2.89. The van der Waals surface area contributed by atoms with Crippen LogP contribution in [-0.2, 0) is 22.7 Å². The summed E-state index contributed by atoms with van der Waals surface area (Å²) >= 11 is 6.45. The van der Waals surface area contributed by atoms with E-state index >= 15 is 0 Å². The maximum Gasteiger partial charge on any atom is 0.228 e. The molecule has 0 saturated heterocycles. The fourth-order valence-electron chi connectivity index (χ4n) is 4.38. The standard InChI is InChI=1S/C21H27ClN6O2/c1-13(29)25-15-5-3-4-14(8-15)21(30)26-20-9-16(18(22)11-23-20)17-10-24-28-7-6-27(2)12-19(17)28/h9-11,14-15H,3-8,12H2,1-2H3,(H,25,29)(H,23,26,30). The topological polar surface area (TPSA) is 92.2 Å². The molecular formula is C21H27ClN6O2. The molecule has 1 aliphatic carbocycles. The molecule has 8 nitrogen and oxygen atoms in total. The zero-order chi connectivity index (χ0) is 21.3. The fourth-order valence-corrected chi connectivity index (χ4v) is 4.59. The molecule has 4 rings (SSSR count). The summed E-state index contributed by atoms with van der Waals surface area (Å²) in [6.45, 7) is 4.11. The van der Waals surface area contributed by atoms with Crippen LogP contribution in [-0.4, -0.2) is 51.1 Å². The molecule has 0 spiro atoms. The van der Waals surface area contributed by atoms with Gasteiger partial charge in [-0.15, -0.1) is 0 Å². The Morgan fingerprint density at radius 1 is 1.20 bits per heavy atom. The van der Waals surface area contributed by atoms with Crippen LogP contribution in [0.25, 0.3) is 11.1 Å². The van der Waals surface area contributed by atoms with E-state index in [4.69, 9.17) is 11.6 Å². The van der Waals surface area contributed by atoms with Gasteiger partial charge in [-0.25, -0.2) is 4.98 Å². The molecule has 2 aliphatic rings. The Balaban J connectivity index is 1.51. The number of pyridine rings is 1. The van der Waals surface area contributed by atoms with Crippen LogP contribution in [0.3, 0.4) is 0 Å². The molecule has 2 N–H and O–H groups in total. The third-order valence-corrected chi connectivity index (χ3v) is 6.21. The second kappa shape index (κ2) is 8.73. The van der Waals surface area contributed by atoms with Crippen LogP contribution in [0, 0.1) is 5.92 Å². The van der Waals surface area contributed by atoms with E-state index < -0.39 is 0 Å². The highest BCUT2D eigenvalue weighted by Gasteiger charge is 2.28. The quantitative estimate of drug-likeness (QED) is 0.778. The number of carbonyl (C=O) groups is 2. The van der Waals surface area contributed by atoms with Crippen LogP contribution in [0.2, 0.25) is 5.02 Å². The van der Waals surface area contributed by atoms with Gasteiger partial charge in [0.1, 0.15) is 5.82 Å². The highest BCUT2D eigenvalue weighted by molar-refractivity contribution is 6.33. The predicted octanol–water partition coefficient (Wildman–Crippen LogP) is 2.68. The summed E-state index contributed by atoms with van der Waals surface area (Å²) in [5, 5.41) is 10.9. The number of nitrogens with one attached hydrogen (secondary N) is 2. The maximum absolute atomic E-state index is 12.8. The number of halogens is 1. The molecule has 30 heavy (non-hydrogen) atoms. The first kappa shape index (κ1) is 20.8. The third-order valence-electron chi connectivity index (χ3n) is 5.91. The summed E-state index contributed by atoms with van der Waals surface area (Å²) < 4.78 is 2.01. The van der Waals surface area contributed by atoms with Crippen molar-refractivity contribution in [1.82, 2.24) is 25.0 Å². The SMILES string of the molecule is CC(=O)NC1CCCC(C(=O)Nc2cc(-c3cnn4c3CN(C)CC4)c(Cl)cn2)C1. The maximum atomic E-state index is 12.8. The largest absolute Gasteiger partial charge is 0.354 e. The first-order chi connectivity index (χ1) is 14.4. The lowest BCUT2D eigenvalue weighted by atomic mass is 9.85. The van der Waals surface area contributed by atoms with E-state index in [0.717, 1.165) is 55.7 Å².